The number of nitrogens with zero attached hydrogens (tertiary/aromatic N) is 1. The molecule has 0 saturated carbocycles. The Morgan fingerprint density at radius 3 is 2.00 bits per heavy atom. The second-order valence-corrected chi connectivity index (χ2v) is 5.25. The van der Waals surface area contributed by atoms with Gasteiger partial charge in [-0.3, -0.25) is 4.90 Å². The van der Waals surface area contributed by atoms with Gasteiger partial charge in [0.05, 0.1) is 0 Å². The summed E-state index contributed by atoms with van der Waals surface area (Å²) in [6.45, 7) is 14.3. The van der Waals surface area contributed by atoms with Crippen LogP contribution in [0.3, 0.4) is 0 Å². The molecule has 2 nitrogen and oxygen atoms in total. The van der Waals surface area contributed by atoms with E-state index >= 15 is 0 Å². The molecule has 1 aliphatic heterocycles. The van der Waals surface area contributed by atoms with Gasteiger partial charge in [0.1, 0.15) is 0 Å². The Morgan fingerprint density at radius 1 is 1.07 bits per heavy atom. The van der Waals surface area contributed by atoms with Gasteiger partial charge in [-0.15, -0.1) is 0 Å². The Hall–Kier alpha value is -0.0800. The largest absolute Gasteiger partial charge is 0.317 e. The third-order valence-electron chi connectivity index (χ3n) is 3.79. The molecule has 0 radical (unpaired) electrons. The summed E-state index contributed by atoms with van der Waals surface area (Å²) in [5, 5.41) is 3.46. The molecule has 2 heteroatoms. The quantitative estimate of drug-likeness (QED) is 0.731. The number of nitrogens with one attached hydrogen (secondary N) is 1. The summed E-state index contributed by atoms with van der Waals surface area (Å²) < 4.78 is 0. The van der Waals surface area contributed by atoms with E-state index in [1.54, 1.807) is 0 Å². The fourth-order valence-electron chi connectivity index (χ4n) is 1.97. The van der Waals surface area contributed by atoms with Crippen molar-refractivity contribution in [2.75, 3.05) is 26.2 Å². The van der Waals surface area contributed by atoms with E-state index in [2.05, 4.69) is 37.9 Å². The zero-order valence-electron chi connectivity index (χ0n) is 10.3. The molecule has 1 fully saturated rings. The zero-order valence-corrected chi connectivity index (χ0v) is 10.3. The van der Waals surface area contributed by atoms with Crippen LogP contribution < -0.4 is 5.32 Å². The van der Waals surface area contributed by atoms with Crippen LogP contribution in [0.25, 0.3) is 0 Å². The van der Waals surface area contributed by atoms with Crippen LogP contribution in [0.15, 0.2) is 0 Å². The van der Waals surface area contributed by atoms with Crippen LogP contribution in [-0.4, -0.2) is 36.6 Å². The molecule has 0 unspecified atom stereocenters. The highest BCUT2D eigenvalue weighted by Crippen LogP contribution is 2.24. The lowest BCUT2D eigenvalue weighted by molar-refractivity contribution is 0.0700. The zero-order chi connectivity index (χ0) is 10.6. The van der Waals surface area contributed by atoms with Gasteiger partial charge in [0.15, 0.2) is 0 Å². The predicted octanol–water partition coefficient (Wildman–Crippen LogP) is 2.11. The van der Waals surface area contributed by atoms with Crippen LogP contribution in [0.4, 0.5) is 0 Å². The molecule has 0 bridgehead atoms. The van der Waals surface area contributed by atoms with Gasteiger partial charge in [0.2, 0.25) is 0 Å². The first kappa shape index (κ1) is 12.0. The van der Waals surface area contributed by atoms with Crippen LogP contribution in [0, 0.1) is 5.92 Å². The van der Waals surface area contributed by atoms with Gasteiger partial charge in [0.25, 0.3) is 0 Å². The monoisotopic (exact) mass is 198 g/mol. The van der Waals surface area contributed by atoms with Crippen LogP contribution in [0.5, 0.6) is 0 Å². The molecule has 0 aromatic rings. The molecule has 0 atom stereocenters. The molecule has 0 amide bonds. The highest BCUT2D eigenvalue weighted by molar-refractivity contribution is 4.85. The summed E-state index contributed by atoms with van der Waals surface area (Å²) in [5.41, 5.74) is 0.358. The maximum Gasteiger partial charge on any atom is 0.0176 e. The molecular weight excluding hydrogens is 172 g/mol. The third kappa shape index (κ3) is 2.96. The van der Waals surface area contributed by atoms with Crippen molar-refractivity contribution in [3.63, 3.8) is 0 Å². The molecule has 1 rings (SSSR count). The van der Waals surface area contributed by atoms with Gasteiger partial charge in [-0.2, -0.15) is 0 Å². The van der Waals surface area contributed by atoms with Crippen LogP contribution in [0.2, 0.25) is 0 Å². The van der Waals surface area contributed by atoms with E-state index in [4.69, 9.17) is 0 Å². The van der Waals surface area contributed by atoms with E-state index in [-0.39, 0.29) is 0 Å². The molecule has 1 aliphatic rings. The van der Waals surface area contributed by atoms with Crippen molar-refractivity contribution >= 4 is 0 Å². The fourth-order valence-corrected chi connectivity index (χ4v) is 1.97. The van der Waals surface area contributed by atoms with Gasteiger partial charge >= 0.3 is 0 Å². The molecule has 84 valence electrons. The standard InChI is InChI=1S/C12H26N2/c1-11(2)12(3,4)14-9-5-7-13-8-6-10-14/h11,13H,5-10H2,1-4H3. The van der Waals surface area contributed by atoms with Crippen molar-refractivity contribution in [1.29, 1.82) is 0 Å². The minimum atomic E-state index is 0.358. The highest BCUT2D eigenvalue weighted by Gasteiger charge is 2.29. The molecule has 0 aromatic carbocycles. The van der Waals surface area contributed by atoms with Crippen molar-refractivity contribution < 1.29 is 0 Å². The normalized spacial score (nSPS) is 22.1. The van der Waals surface area contributed by atoms with Gasteiger partial charge in [0, 0.05) is 5.54 Å². The predicted molar refractivity (Wildman–Crippen MR) is 62.6 cm³/mol. The summed E-state index contributed by atoms with van der Waals surface area (Å²) >= 11 is 0. The Bertz CT molecular complexity index is 156. The first-order valence-electron chi connectivity index (χ1n) is 6.01. The number of hydrogen-bond donors (Lipinski definition) is 1. The minimum absolute atomic E-state index is 0.358. The van der Waals surface area contributed by atoms with Crippen molar-refractivity contribution in [2.24, 2.45) is 5.92 Å². The molecule has 1 N–H and O–H groups in total. The first-order valence-corrected chi connectivity index (χ1v) is 6.01. The average molecular weight is 198 g/mol. The maximum absolute atomic E-state index is 3.46. The molecule has 0 spiro atoms. The molecule has 1 saturated heterocycles. The summed E-state index contributed by atoms with van der Waals surface area (Å²) in [7, 11) is 0. The van der Waals surface area contributed by atoms with E-state index < -0.39 is 0 Å². The lowest BCUT2D eigenvalue weighted by atomic mass is 9.88. The molecular formula is C12H26N2. The first-order chi connectivity index (χ1) is 6.55. The second-order valence-electron chi connectivity index (χ2n) is 5.25. The Balaban J connectivity index is 2.54. The molecule has 0 aliphatic carbocycles. The van der Waals surface area contributed by atoms with Crippen molar-refractivity contribution in [3.05, 3.63) is 0 Å². The highest BCUT2D eigenvalue weighted by atomic mass is 15.2. The van der Waals surface area contributed by atoms with E-state index in [0.717, 1.165) is 5.92 Å². The average Bonchev–Trinajstić information content (AvgIpc) is 2.01. The second kappa shape index (κ2) is 5.13. The van der Waals surface area contributed by atoms with Crippen LogP contribution in [-0.2, 0) is 0 Å². The van der Waals surface area contributed by atoms with Crippen molar-refractivity contribution in [3.8, 4) is 0 Å². The van der Waals surface area contributed by atoms with Crippen LogP contribution in [0.1, 0.15) is 40.5 Å². The fraction of sp³-hybridized carbons (Fsp3) is 1.00. The smallest absolute Gasteiger partial charge is 0.0176 e. The summed E-state index contributed by atoms with van der Waals surface area (Å²) in [5.74, 6) is 0.731. The topological polar surface area (TPSA) is 15.3 Å². The maximum atomic E-state index is 3.46. The molecule has 0 aromatic heterocycles. The van der Waals surface area contributed by atoms with Gasteiger partial charge < -0.3 is 5.32 Å². The number of rotatable bonds is 2. The lowest BCUT2D eigenvalue weighted by Crippen LogP contribution is -2.50. The third-order valence-corrected chi connectivity index (χ3v) is 3.79. The van der Waals surface area contributed by atoms with Gasteiger partial charge in [-0.1, -0.05) is 13.8 Å². The number of hydrogen-bond acceptors (Lipinski definition) is 2. The van der Waals surface area contributed by atoms with Gasteiger partial charge in [-0.25, -0.2) is 0 Å². The van der Waals surface area contributed by atoms with E-state index in [9.17, 15) is 0 Å². The van der Waals surface area contributed by atoms with E-state index in [0.29, 0.717) is 5.54 Å². The summed E-state index contributed by atoms with van der Waals surface area (Å²) in [4.78, 5) is 2.67. The van der Waals surface area contributed by atoms with E-state index in [1.165, 1.54) is 39.0 Å². The Labute approximate surface area is 89.1 Å². The minimum Gasteiger partial charge on any atom is -0.317 e. The van der Waals surface area contributed by atoms with Crippen molar-refractivity contribution in [1.82, 2.24) is 10.2 Å². The molecule has 1 heterocycles. The molecule has 14 heavy (non-hydrogen) atoms. The summed E-state index contributed by atoms with van der Waals surface area (Å²) in [6, 6.07) is 0. The Kier molecular flexibility index (Phi) is 4.39. The van der Waals surface area contributed by atoms with Gasteiger partial charge in [-0.05, 0) is 58.8 Å². The SMILES string of the molecule is CC(C)C(C)(C)N1CCCNCCC1. The summed E-state index contributed by atoms with van der Waals surface area (Å²) in [6.07, 6.45) is 2.58. The lowest BCUT2D eigenvalue weighted by Gasteiger charge is -2.42. The Morgan fingerprint density at radius 2 is 1.57 bits per heavy atom. The van der Waals surface area contributed by atoms with Crippen LogP contribution >= 0.6 is 0 Å². The van der Waals surface area contributed by atoms with E-state index in [1.807, 2.05) is 0 Å². The van der Waals surface area contributed by atoms with Crippen molar-refractivity contribution in [2.45, 2.75) is 46.1 Å².